The van der Waals surface area contributed by atoms with Crippen molar-refractivity contribution in [3.8, 4) is 0 Å². The number of nitrogens with zero attached hydrogens (tertiary/aromatic N) is 2. The Bertz CT molecular complexity index is 1520. The molecule has 3 rings (SSSR count). The van der Waals surface area contributed by atoms with Crippen LogP contribution in [0.4, 0.5) is 18.9 Å². The van der Waals surface area contributed by atoms with Crippen LogP contribution < -0.4 is 9.62 Å². The fraction of sp³-hybridized carbons (Fsp3) is 0.286. The number of halogens is 5. The normalized spacial score (nSPS) is 12.5. The fourth-order valence-corrected chi connectivity index (χ4v) is 6.07. The molecule has 3 aromatic carbocycles. The standard InChI is InChI=1S/C28H28BrClF3N3O4S/c1-4-34-27(38)19(3)35(16-20-6-5-7-21(29)14-20)26(37)17-36(41(39,40)23-11-8-18(2)9-12-23)22-10-13-25(30)24(15-22)28(31,32)33/h5-15,19H,4,16-17H2,1-3H3,(H,34,38)/t19-/m1/s1. The summed E-state index contributed by atoms with van der Waals surface area (Å²) in [7, 11) is -4.54. The molecule has 0 radical (unpaired) electrons. The quantitative estimate of drug-likeness (QED) is 0.279. The first-order valence-corrected chi connectivity index (χ1v) is 15.0. The highest BCUT2D eigenvalue weighted by molar-refractivity contribution is 9.10. The molecular formula is C28H28BrClF3N3O4S. The van der Waals surface area contributed by atoms with Crippen molar-refractivity contribution >= 4 is 55.1 Å². The third-order valence-electron chi connectivity index (χ3n) is 6.19. The molecule has 220 valence electrons. The lowest BCUT2D eigenvalue weighted by Gasteiger charge is -2.32. The van der Waals surface area contributed by atoms with E-state index in [1.807, 2.05) is 0 Å². The number of alkyl halides is 3. The number of likely N-dealkylation sites (N-methyl/N-ethyl adjacent to an activating group) is 1. The molecule has 0 bridgehead atoms. The Morgan fingerprint density at radius 3 is 2.29 bits per heavy atom. The van der Waals surface area contributed by atoms with E-state index in [0.29, 0.717) is 22.5 Å². The molecule has 0 saturated carbocycles. The predicted octanol–water partition coefficient (Wildman–Crippen LogP) is 6.18. The first kappa shape index (κ1) is 32.4. The molecule has 0 heterocycles. The van der Waals surface area contributed by atoms with Crippen molar-refractivity contribution in [1.29, 1.82) is 0 Å². The van der Waals surface area contributed by atoms with Gasteiger partial charge in [0.1, 0.15) is 12.6 Å². The van der Waals surface area contributed by atoms with Gasteiger partial charge in [0.2, 0.25) is 11.8 Å². The van der Waals surface area contributed by atoms with E-state index in [1.165, 1.54) is 36.1 Å². The van der Waals surface area contributed by atoms with Crippen molar-refractivity contribution in [3.63, 3.8) is 0 Å². The Hall–Kier alpha value is -3.09. The molecule has 2 amide bonds. The van der Waals surface area contributed by atoms with E-state index in [1.54, 1.807) is 38.1 Å². The molecule has 0 saturated heterocycles. The van der Waals surface area contributed by atoms with Crippen LogP contribution in [0.5, 0.6) is 0 Å². The zero-order valence-corrected chi connectivity index (χ0v) is 25.5. The van der Waals surface area contributed by atoms with Crippen LogP contribution in [0.15, 0.2) is 76.1 Å². The molecule has 13 heteroatoms. The summed E-state index contributed by atoms with van der Waals surface area (Å²) < 4.78 is 70.1. The number of carbonyl (C=O) groups is 2. The van der Waals surface area contributed by atoms with E-state index in [2.05, 4.69) is 21.2 Å². The Morgan fingerprint density at radius 1 is 1.05 bits per heavy atom. The van der Waals surface area contributed by atoms with Gasteiger partial charge in [-0.3, -0.25) is 13.9 Å². The third-order valence-corrected chi connectivity index (χ3v) is 8.80. The Balaban J connectivity index is 2.13. The van der Waals surface area contributed by atoms with Crippen LogP contribution in [-0.2, 0) is 32.3 Å². The third kappa shape index (κ3) is 8.02. The predicted molar refractivity (Wildman–Crippen MR) is 155 cm³/mol. The lowest BCUT2D eigenvalue weighted by Crippen LogP contribution is -2.51. The van der Waals surface area contributed by atoms with E-state index in [0.717, 1.165) is 22.2 Å². The van der Waals surface area contributed by atoms with Crippen LogP contribution >= 0.6 is 27.5 Å². The van der Waals surface area contributed by atoms with Crippen molar-refractivity contribution in [2.24, 2.45) is 0 Å². The second kappa shape index (κ2) is 13.3. The number of sulfonamides is 1. The Labute approximate surface area is 250 Å². The minimum atomic E-state index is -4.88. The van der Waals surface area contributed by atoms with E-state index < -0.39 is 56.9 Å². The Kier molecular flexibility index (Phi) is 10.5. The SMILES string of the molecule is CCNC(=O)[C@@H](C)N(Cc1cccc(Br)c1)C(=O)CN(c1ccc(Cl)c(C(F)(F)F)c1)S(=O)(=O)c1ccc(C)cc1. The number of rotatable bonds is 10. The lowest BCUT2D eigenvalue weighted by molar-refractivity contribution is -0.139. The van der Waals surface area contributed by atoms with Crippen LogP contribution in [0.2, 0.25) is 5.02 Å². The van der Waals surface area contributed by atoms with Gasteiger partial charge < -0.3 is 10.2 Å². The summed E-state index contributed by atoms with van der Waals surface area (Å²) in [6.07, 6.45) is -4.88. The van der Waals surface area contributed by atoms with Crippen molar-refractivity contribution in [3.05, 3.63) is 92.9 Å². The molecule has 41 heavy (non-hydrogen) atoms. The van der Waals surface area contributed by atoms with E-state index in [9.17, 15) is 31.2 Å². The zero-order valence-electron chi connectivity index (χ0n) is 22.4. The van der Waals surface area contributed by atoms with Gasteiger partial charge in [0, 0.05) is 17.6 Å². The van der Waals surface area contributed by atoms with Crippen LogP contribution in [0.3, 0.4) is 0 Å². The highest BCUT2D eigenvalue weighted by Gasteiger charge is 2.37. The molecule has 0 fully saturated rings. The zero-order chi connectivity index (χ0) is 30.5. The summed E-state index contributed by atoms with van der Waals surface area (Å²) in [5.41, 5.74) is -0.269. The summed E-state index contributed by atoms with van der Waals surface area (Å²) in [5, 5.41) is 2.02. The molecular weight excluding hydrogens is 647 g/mol. The minimum Gasteiger partial charge on any atom is -0.355 e. The maximum atomic E-state index is 13.8. The molecule has 1 N–H and O–H groups in total. The average Bonchev–Trinajstić information content (AvgIpc) is 2.90. The fourth-order valence-electron chi connectivity index (χ4n) is 3.99. The smallest absolute Gasteiger partial charge is 0.355 e. The van der Waals surface area contributed by atoms with Gasteiger partial charge in [-0.15, -0.1) is 0 Å². The van der Waals surface area contributed by atoms with E-state index in [4.69, 9.17) is 11.6 Å². The summed E-state index contributed by atoms with van der Waals surface area (Å²) in [6.45, 7) is 4.29. The number of hydrogen-bond acceptors (Lipinski definition) is 4. The molecule has 3 aromatic rings. The van der Waals surface area contributed by atoms with Crippen molar-refractivity contribution in [2.75, 3.05) is 17.4 Å². The van der Waals surface area contributed by atoms with Crippen molar-refractivity contribution < 1.29 is 31.2 Å². The van der Waals surface area contributed by atoms with Gasteiger partial charge in [-0.05, 0) is 68.8 Å². The van der Waals surface area contributed by atoms with Gasteiger partial charge >= 0.3 is 6.18 Å². The molecule has 7 nitrogen and oxygen atoms in total. The number of carbonyl (C=O) groups excluding carboxylic acids is 2. The lowest BCUT2D eigenvalue weighted by atomic mass is 10.1. The van der Waals surface area contributed by atoms with Gasteiger partial charge in [-0.2, -0.15) is 13.2 Å². The number of hydrogen-bond donors (Lipinski definition) is 1. The number of nitrogens with one attached hydrogen (secondary N) is 1. The molecule has 0 aromatic heterocycles. The average molecular weight is 675 g/mol. The van der Waals surface area contributed by atoms with Gasteiger partial charge in [0.15, 0.2) is 0 Å². The van der Waals surface area contributed by atoms with Crippen LogP contribution in [0.25, 0.3) is 0 Å². The number of anilines is 1. The van der Waals surface area contributed by atoms with Gasteiger partial charge in [-0.1, -0.05) is 57.4 Å². The molecule has 0 aliphatic carbocycles. The first-order valence-electron chi connectivity index (χ1n) is 12.4. The summed E-state index contributed by atoms with van der Waals surface area (Å²) >= 11 is 9.15. The molecule has 0 aliphatic heterocycles. The van der Waals surface area contributed by atoms with Gasteiger partial charge in [0.25, 0.3) is 10.0 Å². The molecule has 0 spiro atoms. The maximum Gasteiger partial charge on any atom is 0.417 e. The highest BCUT2D eigenvalue weighted by Crippen LogP contribution is 2.38. The molecule has 1 atom stereocenters. The number of amides is 2. The largest absolute Gasteiger partial charge is 0.417 e. The number of benzene rings is 3. The van der Waals surface area contributed by atoms with Crippen molar-refractivity contribution in [2.45, 2.75) is 44.4 Å². The topological polar surface area (TPSA) is 86.8 Å². The second-order valence-electron chi connectivity index (χ2n) is 9.21. The summed E-state index contributed by atoms with van der Waals surface area (Å²) in [5.74, 6) is -1.28. The second-order valence-corrected chi connectivity index (χ2v) is 12.4. The Morgan fingerprint density at radius 2 is 1.71 bits per heavy atom. The van der Waals surface area contributed by atoms with Crippen LogP contribution in [0.1, 0.15) is 30.5 Å². The highest BCUT2D eigenvalue weighted by atomic mass is 79.9. The number of aryl methyl sites for hydroxylation is 1. The minimum absolute atomic E-state index is 0.0661. The van der Waals surface area contributed by atoms with E-state index in [-0.39, 0.29) is 11.4 Å². The van der Waals surface area contributed by atoms with Gasteiger partial charge in [-0.25, -0.2) is 8.42 Å². The summed E-state index contributed by atoms with van der Waals surface area (Å²) in [6, 6.07) is 14.2. The van der Waals surface area contributed by atoms with Crippen LogP contribution in [0, 0.1) is 6.92 Å². The molecule has 0 unspecified atom stereocenters. The maximum absolute atomic E-state index is 13.8. The monoisotopic (exact) mass is 673 g/mol. The molecule has 0 aliphatic rings. The summed E-state index contributed by atoms with van der Waals surface area (Å²) in [4.78, 5) is 27.5. The first-order chi connectivity index (χ1) is 19.1. The van der Waals surface area contributed by atoms with Crippen molar-refractivity contribution in [1.82, 2.24) is 10.2 Å². The van der Waals surface area contributed by atoms with Gasteiger partial charge in [0.05, 0.1) is 21.2 Å². The van der Waals surface area contributed by atoms with E-state index >= 15 is 0 Å². The van der Waals surface area contributed by atoms with Crippen LogP contribution in [-0.4, -0.2) is 44.3 Å².